The van der Waals surface area contributed by atoms with Crippen molar-refractivity contribution in [3.05, 3.63) is 53.1 Å². The lowest BCUT2D eigenvalue weighted by Gasteiger charge is -2.24. The van der Waals surface area contributed by atoms with Crippen LogP contribution in [0.3, 0.4) is 0 Å². The van der Waals surface area contributed by atoms with Crippen LogP contribution in [0.1, 0.15) is 37.7 Å². The molecule has 1 saturated carbocycles. The third-order valence-corrected chi connectivity index (χ3v) is 5.78. The van der Waals surface area contributed by atoms with Crippen molar-refractivity contribution in [3.8, 4) is 11.3 Å². The molecule has 2 aromatic carbocycles. The van der Waals surface area contributed by atoms with Gasteiger partial charge in [-0.15, -0.1) is 5.10 Å². The molecule has 0 unspecified atom stereocenters. The van der Waals surface area contributed by atoms with Gasteiger partial charge in [0.15, 0.2) is 5.65 Å². The van der Waals surface area contributed by atoms with Gasteiger partial charge in [0, 0.05) is 22.0 Å². The lowest BCUT2D eigenvalue weighted by Crippen LogP contribution is -2.23. The van der Waals surface area contributed by atoms with Gasteiger partial charge < -0.3 is 5.32 Å². The minimum atomic E-state index is 0.448. The van der Waals surface area contributed by atoms with Gasteiger partial charge in [0.05, 0.1) is 5.52 Å². The topological polar surface area (TPSA) is 55.1 Å². The van der Waals surface area contributed by atoms with Crippen LogP contribution in [0.5, 0.6) is 0 Å². The van der Waals surface area contributed by atoms with Crippen molar-refractivity contribution in [2.45, 2.75) is 45.1 Å². The number of nitrogens with one attached hydrogen (secondary N) is 1. The van der Waals surface area contributed by atoms with E-state index in [0.29, 0.717) is 11.1 Å². The van der Waals surface area contributed by atoms with Gasteiger partial charge in [-0.2, -0.15) is 4.52 Å². The second-order valence-electron chi connectivity index (χ2n) is 7.64. The quantitative estimate of drug-likeness (QED) is 0.490. The molecule has 1 aliphatic rings. The predicted molar refractivity (Wildman–Crippen MR) is 114 cm³/mol. The molecule has 0 spiro atoms. The summed E-state index contributed by atoms with van der Waals surface area (Å²) in [6.45, 7) is 2.08. The Morgan fingerprint density at radius 2 is 1.93 bits per heavy atom. The fraction of sp³-hybridized carbons (Fsp3) is 0.318. The van der Waals surface area contributed by atoms with Crippen LogP contribution < -0.4 is 5.32 Å². The maximum atomic E-state index is 6.30. The van der Waals surface area contributed by atoms with Crippen molar-refractivity contribution in [2.24, 2.45) is 0 Å². The number of benzene rings is 2. The van der Waals surface area contributed by atoms with E-state index in [0.717, 1.165) is 33.6 Å². The number of rotatable bonds is 3. The van der Waals surface area contributed by atoms with Gasteiger partial charge >= 0.3 is 0 Å². The summed E-state index contributed by atoms with van der Waals surface area (Å²) < 4.78 is 1.81. The minimum absolute atomic E-state index is 0.448. The lowest BCUT2D eigenvalue weighted by atomic mass is 9.95. The zero-order chi connectivity index (χ0) is 19.1. The minimum Gasteiger partial charge on any atom is -0.367 e. The molecule has 0 bridgehead atoms. The van der Waals surface area contributed by atoms with E-state index in [1.54, 1.807) is 0 Å². The first kappa shape index (κ1) is 17.4. The van der Waals surface area contributed by atoms with Gasteiger partial charge in [0.1, 0.15) is 11.5 Å². The summed E-state index contributed by atoms with van der Waals surface area (Å²) in [6, 6.07) is 14.6. The average Bonchev–Trinajstić information content (AvgIpc) is 3.13. The zero-order valence-electron chi connectivity index (χ0n) is 15.8. The van der Waals surface area contributed by atoms with Crippen molar-refractivity contribution in [1.82, 2.24) is 19.8 Å². The van der Waals surface area contributed by atoms with Crippen LogP contribution in [-0.2, 0) is 0 Å². The zero-order valence-corrected chi connectivity index (χ0v) is 16.6. The molecule has 5 nitrogen and oxygen atoms in total. The highest BCUT2D eigenvalue weighted by molar-refractivity contribution is 6.31. The maximum Gasteiger partial charge on any atom is 0.186 e. The normalized spacial score (nSPS) is 15.4. The molecule has 0 atom stereocenters. The van der Waals surface area contributed by atoms with Gasteiger partial charge in [-0.25, -0.2) is 4.98 Å². The number of anilines is 1. The largest absolute Gasteiger partial charge is 0.367 e. The Labute approximate surface area is 168 Å². The summed E-state index contributed by atoms with van der Waals surface area (Å²) in [4.78, 5) is 4.97. The first-order valence-electron chi connectivity index (χ1n) is 9.87. The van der Waals surface area contributed by atoms with Gasteiger partial charge in [0.25, 0.3) is 0 Å². The summed E-state index contributed by atoms with van der Waals surface area (Å²) in [5, 5.41) is 14.2. The Bertz CT molecular complexity index is 1160. The molecule has 6 heteroatoms. The first-order valence-corrected chi connectivity index (χ1v) is 10.2. The van der Waals surface area contributed by atoms with Crippen LogP contribution in [0.2, 0.25) is 5.02 Å². The predicted octanol–water partition coefficient (Wildman–Crippen LogP) is 5.65. The summed E-state index contributed by atoms with van der Waals surface area (Å²) in [5.74, 6) is 0.869. The summed E-state index contributed by atoms with van der Waals surface area (Å²) in [7, 11) is 0. The van der Waals surface area contributed by atoms with E-state index in [2.05, 4.69) is 40.8 Å². The molecular weight excluding hydrogens is 370 g/mol. The lowest BCUT2D eigenvalue weighted by molar-refractivity contribution is 0.462. The van der Waals surface area contributed by atoms with Crippen LogP contribution in [-0.4, -0.2) is 25.9 Å². The Balaban J connectivity index is 1.71. The molecule has 1 fully saturated rings. The van der Waals surface area contributed by atoms with E-state index >= 15 is 0 Å². The highest BCUT2D eigenvalue weighted by Crippen LogP contribution is 2.31. The fourth-order valence-corrected chi connectivity index (χ4v) is 4.29. The first-order chi connectivity index (χ1) is 13.7. The summed E-state index contributed by atoms with van der Waals surface area (Å²) in [6.07, 6.45) is 6.21. The monoisotopic (exact) mass is 391 g/mol. The standard InChI is InChI=1S/C22H22ClN5/c1-14-6-5-7-15(12-14)20-22-25-21(24-17-8-3-2-4-9-17)18-13-16(23)10-11-19(18)28(22)27-26-20/h5-7,10-13,17H,2-4,8-9H2,1H3,(H,24,25). The molecule has 2 heterocycles. The Morgan fingerprint density at radius 3 is 2.75 bits per heavy atom. The highest BCUT2D eigenvalue weighted by atomic mass is 35.5. The molecule has 5 rings (SSSR count). The Morgan fingerprint density at radius 1 is 1.07 bits per heavy atom. The number of nitrogens with zero attached hydrogens (tertiary/aromatic N) is 4. The molecule has 1 N–H and O–H groups in total. The number of aromatic nitrogens is 4. The van der Waals surface area contributed by atoms with Gasteiger partial charge in [0.2, 0.25) is 0 Å². The number of fused-ring (bicyclic) bond motifs is 3. The maximum absolute atomic E-state index is 6.30. The van der Waals surface area contributed by atoms with E-state index in [1.807, 2.05) is 28.8 Å². The molecule has 142 valence electrons. The summed E-state index contributed by atoms with van der Waals surface area (Å²) in [5.41, 5.74) is 4.73. The number of hydrogen-bond acceptors (Lipinski definition) is 4. The Kier molecular flexibility index (Phi) is 4.40. The molecular formula is C22H22ClN5. The Hall–Kier alpha value is -2.66. The molecule has 28 heavy (non-hydrogen) atoms. The van der Waals surface area contributed by atoms with Crippen molar-refractivity contribution >= 4 is 34.0 Å². The second kappa shape index (κ2) is 7.06. The molecule has 0 amide bonds. The second-order valence-corrected chi connectivity index (χ2v) is 8.08. The molecule has 2 aromatic heterocycles. The molecule has 0 saturated heterocycles. The van der Waals surface area contributed by atoms with E-state index in [9.17, 15) is 0 Å². The number of hydrogen-bond donors (Lipinski definition) is 1. The van der Waals surface area contributed by atoms with Crippen molar-refractivity contribution in [1.29, 1.82) is 0 Å². The van der Waals surface area contributed by atoms with E-state index in [4.69, 9.17) is 16.6 Å². The van der Waals surface area contributed by atoms with E-state index in [-0.39, 0.29) is 0 Å². The number of aryl methyl sites for hydroxylation is 1. The van der Waals surface area contributed by atoms with E-state index in [1.165, 1.54) is 37.7 Å². The SMILES string of the molecule is Cc1cccc(-c2nnn3c2nc(NC2CCCCC2)c2cc(Cl)ccc23)c1. The van der Waals surface area contributed by atoms with Crippen molar-refractivity contribution in [2.75, 3.05) is 5.32 Å². The van der Waals surface area contributed by atoms with Gasteiger partial charge in [-0.3, -0.25) is 0 Å². The third kappa shape index (κ3) is 3.10. The van der Waals surface area contributed by atoms with Gasteiger partial charge in [-0.1, -0.05) is 59.8 Å². The molecule has 4 aromatic rings. The van der Waals surface area contributed by atoms with Crippen molar-refractivity contribution < 1.29 is 0 Å². The average molecular weight is 392 g/mol. The third-order valence-electron chi connectivity index (χ3n) is 5.54. The molecule has 1 aliphatic carbocycles. The summed E-state index contributed by atoms with van der Waals surface area (Å²) >= 11 is 6.30. The van der Waals surface area contributed by atoms with Crippen LogP contribution >= 0.6 is 11.6 Å². The van der Waals surface area contributed by atoms with Crippen LogP contribution in [0, 0.1) is 6.92 Å². The highest BCUT2D eigenvalue weighted by Gasteiger charge is 2.19. The van der Waals surface area contributed by atoms with Crippen molar-refractivity contribution in [3.63, 3.8) is 0 Å². The number of halogens is 1. The van der Waals surface area contributed by atoms with Crippen LogP contribution in [0.15, 0.2) is 42.5 Å². The smallest absolute Gasteiger partial charge is 0.186 e. The molecule has 0 radical (unpaired) electrons. The van der Waals surface area contributed by atoms with Crippen LogP contribution in [0.25, 0.3) is 27.8 Å². The van der Waals surface area contributed by atoms with E-state index < -0.39 is 0 Å². The van der Waals surface area contributed by atoms with Crippen LogP contribution in [0.4, 0.5) is 5.82 Å². The molecule has 0 aliphatic heterocycles. The van der Waals surface area contributed by atoms with Gasteiger partial charge in [-0.05, 0) is 44.0 Å². The fourth-order valence-electron chi connectivity index (χ4n) is 4.12.